The van der Waals surface area contributed by atoms with Crippen molar-refractivity contribution >= 4 is 12.2 Å². The normalized spacial score (nSPS) is 11.2. The molecule has 1 amide bonds. The molecule has 0 heterocycles. The minimum Gasteiger partial charge on any atom is -0.507 e. The molecule has 8 heteroatoms. The molecule has 0 bridgehead atoms. The molecule has 0 aliphatic carbocycles. The molecule has 0 radical (unpaired) electrons. The fourth-order valence-corrected chi connectivity index (χ4v) is 1.55. The van der Waals surface area contributed by atoms with Gasteiger partial charge in [-0.15, -0.1) is 0 Å². The van der Waals surface area contributed by atoms with Crippen LogP contribution in [0.15, 0.2) is 12.1 Å². The summed E-state index contributed by atoms with van der Waals surface area (Å²) in [5.41, 5.74) is 0.440. The molecule has 0 aliphatic heterocycles. The van der Waals surface area contributed by atoms with Crippen molar-refractivity contribution in [2.45, 2.75) is 13.1 Å². The molecule has 5 nitrogen and oxygen atoms in total. The van der Waals surface area contributed by atoms with E-state index in [0.717, 1.165) is 0 Å². The van der Waals surface area contributed by atoms with Crippen LogP contribution in [0.4, 0.5) is 13.2 Å². The van der Waals surface area contributed by atoms with Crippen LogP contribution in [-0.2, 0) is 4.74 Å². The molecule has 1 aromatic rings. The van der Waals surface area contributed by atoms with Crippen LogP contribution in [-0.4, -0.2) is 43.2 Å². The minimum atomic E-state index is -4.41. The van der Waals surface area contributed by atoms with Gasteiger partial charge in [0.25, 0.3) is 5.91 Å². The fourth-order valence-electron chi connectivity index (χ4n) is 1.55. The molecule has 0 spiro atoms. The second kappa shape index (κ2) is 7.07. The highest BCUT2D eigenvalue weighted by atomic mass is 19.4. The largest absolute Gasteiger partial charge is 0.507 e. The van der Waals surface area contributed by atoms with E-state index in [2.05, 4.69) is 10.1 Å². The maximum absolute atomic E-state index is 11.8. The van der Waals surface area contributed by atoms with Crippen molar-refractivity contribution in [3.63, 3.8) is 0 Å². The molecule has 0 aliphatic rings. The van der Waals surface area contributed by atoms with E-state index in [-0.39, 0.29) is 30.0 Å². The van der Waals surface area contributed by atoms with Crippen molar-refractivity contribution in [2.24, 2.45) is 0 Å². The summed E-state index contributed by atoms with van der Waals surface area (Å²) in [5, 5.41) is 11.9. The van der Waals surface area contributed by atoms with Crippen molar-refractivity contribution in [1.29, 1.82) is 0 Å². The number of carbonyl (C=O) groups is 2. The van der Waals surface area contributed by atoms with Gasteiger partial charge in [-0.1, -0.05) is 0 Å². The topological polar surface area (TPSA) is 75.6 Å². The lowest BCUT2D eigenvalue weighted by Crippen LogP contribution is -2.29. The molecule has 0 atom stereocenters. The van der Waals surface area contributed by atoms with Gasteiger partial charge in [-0.2, -0.15) is 13.2 Å². The van der Waals surface area contributed by atoms with Gasteiger partial charge in [-0.3, -0.25) is 9.59 Å². The maximum Gasteiger partial charge on any atom is 0.411 e. The molecule has 0 fully saturated rings. The van der Waals surface area contributed by atoms with Gasteiger partial charge in [-0.05, 0) is 24.6 Å². The lowest BCUT2D eigenvalue weighted by Gasteiger charge is -2.10. The molecule has 1 rings (SSSR count). The van der Waals surface area contributed by atoms with E-state index in [0.29, 0.717) is 11.8 Å². The average molecular weight is 305 g/mol. The smallest absolute Gasteiger partial charge is 0.411 e. The van der Waals surface area contributed by atoms with Crippen LogP contribution < -0.4 is 5.32 Å². The summed E-state index contributed by atoms with van der Waals surface area (Å²) in [6, 6.07) is 2.56. The Balaban J connectivity index is 2.53. The Morgan fingerprint density at radius 3 is 2.67 bits per heavy atom. The van der Waals surface area contributed by atoms with E-state index in [1.807, 2.05) is 0 Å². The Bertz CT molecular complexity index is 529. The van der Waals surface area contributed by atoms with E-state index in [9.17, 15) is 27.9 Å². The number of nitrogens with one attached hydrogen (secondary N) is 1. The number of amides is 1. The highest BCUT2D eigenvalue weighted by Gasteiger charge is 2.27. The molecule has 21 heavy (non-hydrogen) atoms. The summed E-state index contributed by atoms with van der Waals surface area (Å²) in [5.74, 6) is -0.785. The van der Waals surface area contributed by atoms with Gasteiger partial charge in [0.15, 0.2) is 6.29 Å². The zero-order valence-corrected chi connectivity index (χ0v) is 11.2. The number of aryl methyl sites for hydroxylation is 1. The zero-order chi connectivity index (χ0) is 16.0. The summed E-state index contributed by atoms with van der Waals surface area (Å²) in [6.45, 7) is -0.254. The standard InChI is InChI=1S/C13H14F3NO4/c1-8-4-9(5-10(6-18)11(8)19)12(20)17-2-3-21-7-13(14,15)16/h4-6,19H,2-3,7H2,1H3,(H,17,20). The maximum atomic E-state index is 11.8. The van der Waals surface area contributed by atoms with Crippen LogP contribution in [0, 0.1) is 6.92 Å². The molecule has 1 aromatic carbocycles. The van der Waals surface area contributed by atoms with Crippen molar-refractivity contribution in [1.82, 2.24) is 5.32 Å². The van der Waals surface area contributed by atoms with Crippen LogP contribution in [0.3, 0.4) is 0 Å². The van der Waals surface area contributed by atoms with E-state index >= 15 is 0 Å². The van der Waals surface area contributed by atoms with E-state index in [1.165, 1.54) is 19.1 Å². The summed E-state index contributed by atoms with van der Waals surface area (Å²) in [7, 11) is 0. The van der Waals surface area contributed by atoms with Crippen LogP contribution in [0.25, 0.3) is 0 Å². The van der Waals surface area contributed by atoms with Gasteiger partial charge in [-0.25, -0.2) is 0 Å². The molecule has 0 aromatic heterocycles. The molecule has 0 unspecified atom stereocenters. The number of halogens is 3. The Kier molecular flexibility index (Phi) is 5.71. The molecule has 0 saturated heterocycles. The Hall–Kier alpha value is -2.09. The highest BCUT2D eigenvalue weighted by molar-refractivity contribution is 5.96. The molecule has 2 N–H and O–H groups in total. The molecule has 0 saturated carbocycles. The Labute approximate surface area is 118 Å². The first-order valence-corrected chi connectivity index (χ1v) is 5.96. The van der Waals surface area contributed by atoms with Gasteiger partial charge in [0.1, 0.15) is 12.4 Å². The fraction of sp³-hybridized carbons (Fsp3) is 0.385. The molecular formula is C13H14F3NO4. The van der Waals surface area contributed by atoms with Crippen molar-refractivity contribution in [3.05, 3.63) is 28.8 Å². The SMILES string of the molecule is Cc1cc(C(=O)NCCOCC(F)(F)F)cc(C=O)c1O. The number of ether oxygens (including phenoxy) is 1. The third-order valence-corrected chi connectivity index (χ3v) is 2.52. The summed E-state index contributed by atoms with van der Waals surface area (Å²) >= 11 is 0. The van der Waals surface area contributed by atoms with E-state index in [1.54, 1.807) is 0 Å². The monoisotopic (exact) mass is 305 g/mol. The minimum absolute atomic E-state index is 0.0338. The predicted molar refractivity (Wildman–Crippen MR) is 67.4 cm³/mol. The van der Waals surface area contributed by atoms with E-state index < -0.39 is 18.7 Å². The number of carbonyl (C=O) groups excluding carboxylic acids is 2. The number of aromatic hydroxyl groups is 1. The summed E-state index contributed by atoms with van der Waals surface area (Å²) in [6.07, 6.45) is -4.00. The number of benzene rings is 1. The number of hydrogen-bond donors (Lipinski definition) is 2. The van der Waals surface area contributed by atoms with Crippen LogP contribution >= 0.6 is 0 Å². The quantitative estimate of drug-likeness (QED) is 0.621. The first kappa shape index (κ1) is 17.0. The second-order valence-corrected chi connectivity index (χ2v) is 4.27. The third-order valence-electron chi connectivity index (χ3n) is 2.52. The Morgan fingerprint density at radius 1 is 1.43 bits per heavy atom. The van der Waals surface area contributed by atoms with E-state index in [4.69, 9.17) is 0 Å². The van der Waals surface area contributed by atoms with Gasteiger partial charge in [0.05, 0.1) is 12.2 Å². The number of hydrogen-bond acceptors (Lipinski definition) is 4. The van der Waals surface area contributed by atoms with Gasteiger partial charge < -0.3 is 15.2 Å². The van der Waals surface area contributed by atoms with Crippen molar-refractivity contribution < 1.29 is 32.6 Å². The second-order valence-electron chi connectivity index (χ2n) is 4.27. The van der Waals surface area contributed by atoms with Gasteiger partial charge >= 0.3 is 6.18 Å². The number of alkyl halides is 3. The predicted octanol–water partition coefficient (Wildman–Crippen LogP) is 1.82. The highest BCUT2D eigenvalue weighted by Crippen LogP contribution is 2.22. The first-order chi connectivity index (χ1) is 9.74. The van der Waals surface area contributed by atoms with Gasteiger partial charge in [0.2, 0.25) is 0 Å². The van der Waals surface area contributed by atoms with Crippen LogP contribution in [0.5, 0.6) is 5.75 Å². The number of phenols is 1. The lowest BCUT2D eigenvalue weighted by atomic mass is 10.1. The lowest BCUT2D eigenvalue weighted by molar-refractivity contribution is -0.173. The summed E-state index contributed by atoms with van der Waals surface area (Å²) < 4.78 is 39.7. The van der Waals surface area contributed by atoms with Crippen molar-refractivity contribution in [2.75, 3.05) is 19.8 Å². The number of aldehydes is 1. The zero-order valence-electron chi connectivity index (χ0n) is 11.2. The Morgan fingerprint density at radius 2 is 2.10 bits per heavy atom. The van der Waals surface area contributed by atoms with Crippen molar-refractivity contribution in [3.8, 4) is 5.75 Å². The van der Waals surface area contributed by atoms with Crippen LogP contribution in [0.2, 0.25) is 0 Å². The number of rotatable bonds is 6. The third kappa shape index (κ3) is 5.42. The first-order valence-electron chi connectivity index (χ1n) is 5.96. The summed E-state index contributed by atoms with van der Waals surface area (Å²) in [4.78, 5) is 22.5. The number of phenolic OH excluding ortho intramolecular Hbond substituents is 1. The average Bonchev–Trinajstić information content (AvgIpc) is 2.39. The van der Waals surface area contributed by atoms with Crippen LogP contribution in [0.1, 0.15) is 26.3 Å². The molecular weight excluding hydrogens is 291 g/mol. The van der Waals surface area contributed by atoms with Gasteiger partial charge in [0, 0.05) is 12.1 Å². The molecule has 116 valence electrons.